The van der Waals surface area contributed by atoms with Gasteiger partial charge < -0.3 is 9.84 Å². The van der Waals surface area contributed by atoms with Crippen molar-refractivity contribution in [3.05, 3.63) is 61.0 Å². The normalized spacial score (nSPS) is 14.6. The van der Waals surface area contributed by atoms with Gasteiger partial charge in [0.25, 0.3) is 11.8 Å². The van der Waals surface area contributed by atoms with Crippen LogP contribution in [0.2, 0.25) is 20.1 Å². The number of fused-ring (bicyclic) bond motifs is 1. The first-order valence-electron chi connectivity index (χ1n) is 9.08. The summed E-state index contributed by atoms with van der Waals surface area (Å²) in [7, 11) is 0. The summed E-state index contributed by atoms with van der Waals surface area (Å²) in [6.07, 6.45) is -0.132. The molecule has 0 radical (unpaired) electrons. The van der Waals surface area contributed by atoms with Crippen molar-refractivity contribution in [3.8, 4) is 5.75 Å². The Morgan fingerprint density at radius 1 is 0.935 bits per heavy atom. The molecule has 0 saturated carbocycles. The van der Waals surface area contributed by atoms with Gasteiger partial charge in [0.15, 0.2) is 0 Å². The SMILES string of the molecule is CC(C)(C)Oc1ccc(CC(C(=O)O)N2C(=O)c3c(Cl)c(Cl)c(Cl)c(Cl)c3C2=O)cc1. The van der Waals surface area contributed by atoms with E-state index < -0.39 is 29.4 Å². The second kappa shape index (κ2) is 8.51. The number of ether oxygens (including phenoxy) is 1. The van der Waals surface area contributed by atoms with Crippen LogP contribution in [0.5, 0.6) is 5.75 Å². The van der Waals surface area contributed by atoms with E-state index in [1.807, 2.05) is 20.8 Å². The predicted molar refractivity (Wildman–Crippen MR) is 119 cm³/mol. The molecule has 164 valence electrons. The summed E-state index contributed by atoms with van der Waals surface area (Å²) in [5.74, 6) is -2.56. The lowest BCUT2D eigenvalue weighted by atomic mass is 10.0. The molecule has 31 heavy (non-hydrogen) atoms. The molecule has 1 atom stereocenters. The maximum Gasteiger partial charge on any atom is 0.327 e. The number of carboxylic acids is 1. The number of hydrogen-bond acceptors (Lipinski definition) is 4. The predicted octanol–water partition coefficient (Wildman–Crippen LogP) is 5.77. The first kappa shape index (κ1) is 23.7. The zero-order chi connectivity index (χ0) is 23.2. The Balaban J connectivity index is 1.95. The summed E-state index contributed by atoms with van der Waals surface area (Å²) in [6.45, 7) is 5.70. The summed E-state index contributed by atoms with van der Waals surface area (Å²) >= 11 is 24.2. The number of hydrogen-bond donors (Lipinski definition) is 1. The van der Waals surface area contributed by atoms with E-state index in [9.17, 15) is 19.5 Å². The lowest BCUT2D eigenvalue weighted by Gasteiger charge is -2.23. The van der Waals surface area contributed by atoms with Crippen molar-refractivity contribution in [1.82, 2.24) is 4.90 Å². The van der Waals surface area contributed by atoms with Crippen LogP contribution in [0, 0.1) is 0 Å². The van der Waals surface area contributed by atoms with Gasteiger partial charge in [-0.1, -0.05) is 58.5 Å². The molecule has 1 aliphatic heterocycles. The zero-order valence-electron chi connectivity index (χ0n) is 16.6. The number of carboxylic acid groups (broad SMARTS) is 1. The van der Waals surface area contributed by atoms with Gasteiger partial charge in [0.05, 0.1) is 31.2 Å². The third-order valence-electron chi connectivity index (χ3n) is 4.51. The number of benzene rings is 2. The van der Waals surface area contributed by atoms with E-state index in [4.69, 9.17) is 51.1 Å². The number of carbonyl (C=O) groups excluding carboxylic acids is 2. The Morgan fingerprint density at radius 2 is 1.39 bits per heavy atom. The van der Waals surface area contributed by atoms with E-state index in [0.29, 0.717) is 16.2 Å². The molecule has 3 rings (SSSR count). The van der Waals surface area contributed by atoms with Crippen molar-refractivity contribution in [1.29, 1.82) is 0 Å². The van der Waals surface area contributed by atoms with Crippen molar-refractivity contribution in [2.45, 2.75) is 38.8 Å². The van der Waals surface area contributed by atoms with Crippen LogP contribution >= 0.6 is 46.4 Å². The lowest BCUT2D eigenvalue weighted by molar-refractivity contribution is -0.141. The number of carbonyl (C=O) groups is 3. The average molecular weight is 505 g/mol. The number of imide groups is 1. The minimum atomic E-state index is -1.49. The Hall–Kier alpha value is -1.99. The van der Waals surface area contributed by atoms with E-state index in [2.05, 4.69) is 0 Å². The summed E-state index contributed by atoms with van der Waals surface area (Å²) in [6, 6.07) is 5.22. The number of rotatable bonds is 5. The molecule has 2 aromatic carbocycles. The van der Waals surface area contributed by atoms with E-state index in [1.54, 1.807) is 24.3 Å². The van der Waals surface area contributed by atoms with Crippen molar-refractivity contribution < 1.29 is 24.2 Å². The molecule has 0 bridgehead atoms. The van der Waals surface area contributed by atoms with Gasteiger partial charge in [-0.3, -0.25) is 14.5 Å². The molecule has 6 nitrogen and oxygen atoms in total. The molecule has 1 N–H and O–H groups in total. The largest absolute Gasteiger partial charge is 0.488 e. The second-order valence-corrected chi connectivity index (χ2v) is 9.41. The van der Waals surface area contributed by atoms with Gasteiger partial charge in [-0.2, -0.15) is 0 Å². The molecule has 0 aliphatic carbocycles. The fraction of sp³-hybridized carbons (Fsp3) is 0.286. The van der Waals surface area contributed by atoms with Crippen LogP contribution in [-0.4, -0.2) is 39.4 Å². The van der Waals surface area contributed by atoms with Crippen LogP contribution in [0.1, 0.15) is 47.1 Å². The standard InChI is InChI=1S/C21H17Cl4NO5/c1-21(2,3)31-10-6-4-9(5-7-10)8-11(20(29)30)26-18(27)12-13(19(26)28)15(23)17(25)16(24)14(12)22/h4-7,11H,8H2,1-3H3,(H,29,30). The van der Waals surface area contributed by atoms with Gasteiger partial charge in [-0.05, 0) is 38.5 Å². The van der Waals surface area contributed by atoms with Gasteiger partial charge in [-0.15, -0.1) is 0 Å². The molecular weight excluding hydrogens is 488 g/mol. The third-order valence-corrected chi connectivity index (χ3v) is 6.31. The van der Waals surface area contributed by atoms with Crippen molar-refractivity contribution in [3.63, 3.8) is 0 Å². The number of nitrogens with zero attached hydrogens (tertiary/aromatic N) is 1. The molecule has 0 spiro atoms. The molecule has 0 fully saturated rings. The molecule has 2 amide bonds. The van der Waals surface area contributed by atoms with Crippen molar-refractivity contribution in [2.24, 2.45) is 0 Å². The summed E-state index contributed by atoms with van der Waals surface area (Å²) in [4.78, 5) is 38.6. The van der Waals surface area contributed by atoms with Crippen LogP contribution < -0.4 is 4.74 Å². The minimum Gasteiger partial charge on any atom is -0.488 e. The highest BCUT2D eigenvalue weighted by molar-refractivity contribution is 6.55. The number of amides is 2. The van der Waals surface area contributed by atoms with Crippen molar-refractivity contribution >= 4 is 64.2 Å². The Morgan fingerprint density at radius 3 is 1.77 bits per heavy atom. The zero-order valence-corrected chi connectivity index (χ0v) is 19.7. The van der Waals surface area contributed by atoms with Crippen LogP contribution in [0.4, 0.5) is 0 Å². The monoisotopic (exact) mass is 503 g/mol. The molecule has 0 saturated heterocycles. The topological polar surface area (TPSA) is 83.9 Å². The summed E-state index contributed by atoms with van der Waals surface area (Å²) < 4.78 is 5.74. The Kier molecular flexibility index (Phi) is 6.50. The quantitative estimate of drug-likeness (QED) is 0.317. The highest BCUT2D eigenvalue weighted by Crippen LogP contribution is 2.45. The Bertz CT molecular complexity index is 1050. The molecule has 1 unspecified atom stereocenters. The van der Waals surface area contributed by atoms with Gasteiger partial charge in [0.1, 0.15) is 17.4 Å². The maximum absolute atomic E-state index is 13.0. The molecule has 1 heterocycles. The van der Waals surface area contributed by atoms with Gasteiger partial charge in [0.2, 0.25) is 0 Å². The molecular formula is C21H17Cl4NO5. The van der Waals surface area contributed by atoms with Gasteiger partial charge in [-0.25, -0.2) is 4.79 Å². The van der Waals surface area contributed by atoms with Crippen LogP contribution in [0.3, 0.4) is 0 Å². The first-order valence-corrected chi connectivity index (χ1v) is 10.6. The van der Waals surface area contributed by atoms with E-state index >= 15 is 0 Å². The summed E-state index contributed by atoms with van der Waals surface area (Å²) in [5, 5.41) is 8.91. The third kappa shape index (κ3) is 4.48. The van der Waals surface area contributed by atoms with Gasteiger partial charge in [0, 0.05) is 6.42 Å². The van der Waals surface area contributed by atoms with Crippen LogP contribution in [0.25, 0.3) is 0 Å². The number of halogens is 4. The first-order chi connectivity index (χ1) is 14.3. The fourth-order valence-corrected chi connectivity index (χ4v) is 4.22. The average Bonchev–Trinajstić information content (AvgIpc) is 2.93. The Labute approximate surface area is 198 Å². The highest BCUT2D eigenvalue weighted by Gasteiger charge is 2.46. The van der Waals surface area contributed by atoms with E-state index in [0.717, 1.165) is 0 Å². The second-order valence-electron chi connectivity index (χ2n) is 7.90. The maximum atomic E-state index is 13.0. The molecule has 0 aromatic heterocycles. The molecule has 2 aromatic rings. The molecule has 1 aliphatic rings. The summed E-state index contributed by atoms with van der Waals surface area (Å²) in [5.41, 5.74) is -0.331. The number of aliphatic carboxylic acids is 1. The molecule has 10 heteroatoms. The van der Waals surface area contributed by atoms with E-state index in [1.165, 1.54) is 0 Å². The van der Waals surface area contributed by atoms with Crippen LogP contribution in [-0.2, 0) is 11.2 Å². The smallest absolute Gasteiger partial charge is 0.327 e. The van der Waals surface area contributed by atoms with Crippen molar-refractivity contribution in [2.75, 3.05) is 0 Å². The fourth-order valence-electron chi connectivity index (χ4n) is 3.21. The van der Waals surface area contributed by atoms with Gasteiger partial charge >= 0.3 is 5.97 Å². The van der Waals surface area contributed by atoms with E-state index in [-0.39, 0.29) is 37.6 Å². The minimum absolute atomic E-state index is 0.132. The highest BCUT2D eigenvalue weighted by atomic mass is 35.5. The lowest BCUT2D eigenvalue weighted by Crippen LogP contribution is -2.46. The van der Waals surface area contributed by atoms with Crippen LogP contribution in [0.15, 0.2) is 24.3 Å².